The molecule has 0 saturated carbocycles. The van der Waals surface area contributed by atoms with Crippen LogP contribution in [0.1, 0.15) is 26.2 Å². The Balaban J connectivity index is 1.60. The monoisotopic (exact) mass is 409 g/mol. The van der Waals surface area contributed by atoms with E-state index in [4.69, 9.17) is 14.1 Å². The maximum absolute atomic E-state index is 13.1. The molecule has 0 aliphatic heterocycles. The quantitative estimate of drug-likeness (QED) is 0.240. The van der Waals surface area contributed by atoms with Crippen molar-refractivity contribution in [3.8, 4) is 0 Å². The van der Waals surface area contributed by atoms with Crippen LogP contribution >= 0.6 is 11.8 Å². The number of thioether (sulfide) groups is 1. The van der Waals surface area contributed by atoms with Crippen LogP contribution in [0, 0.1) is 0 Å². The van der Waals surface area contributed by atoms with Gasteiger partial charge >= 0.3 is 0 Å². The molecule has 0 N–H and O–H groups in total. The zero-order valence-corrected chi connectivity index (χ0v) is 17.3. The molecule has 4 rings (SSSR count). The average Bonchev–Trinajstić information content (AvgIpc) is 3.14. The molecule has 0 radical (unpaired) electrons. The number of oxazole rings is 1. The van der Waals surface area contributed by atoms with Gasteiger partial charge in [-0.05, 0) is 44.5 Å². The van der Waals surface area contributed by atoms with Gasteiger partial charge in [0, 0.05) is 13.2 Å². The first kappa shape index (κ1) is 19.7. The van der Waals surface area contributed by atoms with Gasteiger partial charge in [-0.1, -0.05) is 36.0 Å². The Morgan fingerprint density at radius 1 is 1.07 bits per heavy atom. The predicted octanol–water partition coefficient (Wildman–Crippen LogP) is 4.65. The van der Waals surface area contributed by atoms with E-state index in [1.54, 1.807) is 4.57 Å². The third-order valence-electron chi connectivity index (χ3n) is 4.47. The molecule has 29 heavy (non-hydrogen) atoms. The van der Waals surface area contributed by atoms with Gasteiger partial charge in [-0.15, -0.1) is 0 Å². The van der Waals surface area contributed by atoms with E-state index in [-0.39, 0.29) is 11.7 Å². The molecule has 4 aromatic rings. The zero-order valence-electron chi connectivity index (χ0n) is 16.5. The summed E-state index contributed by atoms with van der Waals surface area (Å²) in [6.45, 7) is 5.17. The third-order valence-corrected chi connectivity index (χ3v) is 5.43. The summed E-state index contributed by atoms with van der Waals surface area (Å²) in [5.41, 5.74) is 2.27. The van der Waals surface area contributed by atoms with Gasteiger partial charge in [-0.3, -0.25) is 9.36 Å². The number of nitrogens with zero attached hydrogens (tertiary/aromatic N) is 3. The maximum Gasteiger partial charge on any atom is 0.262 e. The minimum absolute atomic E-state index is 0.0276. The van der Waals surface area contributed by atoms with Gasteiger partial charge in [0.15, 0.2) is 10.7 Å². The first-order valence-corrected chi connectivity index (χ1v) is 10.7. The lowest BCUT2D eigenvalue weighted by Crippen LogP contribution is -2.24. The van der Waals surface area contributed by atoms with Gasteiger partial charge in [-0.25, -0.2) is 9.97 Å². The highest BCUT2D eigenvalue weighted by Crippen LogP contribution is 2.24. The Bertz CT molecular complexity index is 1150. The molecule has 0 bridgehead atoms. The van der Waals surface area contributed by atoms with E-state index in [2.05, 4.69) is 4.98 Å². The number of fused-ring (bicyclic) bond motifs is 2. The Hall–Kier alpha value is -2.64. The second-order valence-electron chi connectivity index (χ2n) is 7.01. The molecular weight excluding hydrogens is 386 g/mol. The average molecular weight is 410 g/mol. The molecule has 0 spiro atoms. The molecule has 2 aromatic carbocycles. The normalized spacial score (nSPS) is 11.7. The maximum atomic E-state index is 13.1. The lowest BCUT2D eigenvalue weighted by Gasteiger charge is -2.13. The molecule has 0 unspecified atom stereocenters. The van der Waals surface area contributed by atoms with Crippen molar-refractivity contribution in [1.82, 2.24) is 14.5 Å². The lowest BCUT2D eigenvalue weighted by molar-refractivity contribution is 0.0743. The number of benzene rings is 2. The van der Waals surface area contributed by atoms with E-state index in [9.17, 15) is 4.79 Å². The molecule has 0 saturated heterocycles. The topological polar surface area (TPSA) is 70.2 Å². The van der Waals surface area contributed by atoms with E-state index in [0.29, 0.717) is 40.9 Å². The van der Waals surface area contributed by atoms with E-state index < -0.39 is 0 Å². The molecule has 0 aliphatic rings. The molecule has 2 aromatic heterocycles. The Labute approximate surface area is 172 Å². The highest BCUT2D eigenvalue weighted by Gasteiger charge is 2.13. The number of hydrogen-bond acceptors (Lipinski definition) is 6. The fourth-order valence-corrected chi connectivity index (χ4v) is 3.97. The Kier molecular flexibility index (Phi) is 5.97. The summed E-state index contributed by atoms with van der Waals surface area (Å²) < 4.78 is 13.2. The molecule has 0 aliphatic carbocycles. The zero-order chi connectivity index (χ0) is 20.2. The number of rotatable bonds is 8. The molecule has 2 heterocycles. The minimum atomic E-state index is -0.0276. The molecule has 6 nitrogen and oxygen atoms in total. The van der Waals surface area contributed by atoms with Crippen LogP contribution in [0.4, 0.5) is 0 Å². The van der Waals surface area contributed by atoms with Gasteiger partial charge in [0.05, 0.1) is 22.8 Å². The lowest BCUT2D eigenvalue weighted by atomic mass is 10.2. The smallest absolute Gasteiger partial charge is 0.262 e. The molecular formula is C22H23N3O3S. The first-order chi connectivity index (χ1) is 14.1. The van der Waals surface area contributed by atoms with Crippen molar-refractivity contribution in [2.24, 2.45) is 0 Å². The van der Waals surface area contributed by atoms with Gasteiger partial charge in [0.2, 0.25) is 5.89 Å². The summed E-state index contributed by atoms with van der Waals surface area (Å²) in [6.07, 6.45) is 0.920. The van der Waals surface area contributed by atoms with Crippen LogP contribution < -0.4 is 5.56 Å². The number of ether oxygens (including phenoxy) is 1. The molecule has 0 atom stereocenters. The molecule has 0 amide bonds. The summed E-state index contributed by atoms with van der Waals surface area (Å²) in [5, 5.41) is 1.30. The van der Waals surface area contributed by atoms with E-state index in [1.165, 1.54) is 11.8 Å². The van der Waals surface area contributed by atoms with Crippen LogP contribution in [0.2, 0.25) is 0 Å². The Morgan fingerprint density at radius 3 is 2.62 bits per heavy atom. The van der Waals surface area contributed by atoms with Crippen LogP contribution in [0.3, 0.4) is 0 Å². The van der Waals surface area contributed by atoms with Crippen LogP contribution in [-0.2, 0) is 17.0 Å². The third kappa shape index (κ3) is 4.52. The van der Waals surface area contributed by atoms with E-state index in [1.807, 2.05) is 62.4 Å². The van der Waals surface area contributed by atoms with Gasteiger partial charge < -0.3 is 9.15 Å². The second kappa shape index (κ2) is 8.80. The predicted molar refractivity (Wildman–Crippen MR) is 115 cm³/mol. The summed E-state index contributed by atoms with van der Waals surface area (Å²) in [6, 6.07) is 15.1. The summed E-state index contributed by atoms with van der Waals surface area (Å²) in [4.78, 5) is 22.3. The molecule has 7 heteroatoms. The summed E-state index contributed by atoms with van der Waals surface area (Å²) in [7, 11) is 0. The van der Waals surface area contributed by atoms with E-state index >= 15 is 0 Å². The second-order valence-corrected chi connectivity index (χ2v) is 7.95. The van der Waals surface area contributed by atoms with Crippen molar-refractivity contribution in [3.63, 3.8) is 0 Å². The van der Waals surface area contributed by atoms with Crippen molar-refractivity contribution in [1.29, 1.82) is 0 Å². The number of para-hydroxylation sites is 3. The minimum Gasteiger partial charge on any atom is -0.440 e. The number of aromatic nitrogens is 3. The Morgan fingerprint density at radius 2 is 1.83 bits per heavy atom. The molecule has 0 fully saturated rings. The fourth-order valence-electron chi connectivity index (χ4n) is 3.10. The van der Waals surface area contributed by atoms with Crippen LogP contribution in [0.5, 0.6) is 0 Å². The van der Waals surface area contributed by atoms with E-state index in [0.717, 1.165) is 17.5 Å². The van der Waals surface area contributed by atoms with Crippen LogP contribution in [0.15, 0.2) is 62.9 Å². The van der Waals surface area contributed by atoms with Crippen molar-refractivity contribution < 1.29 is 9.15 Å². The van der Waals surface area contributed by atoms with Crippen LogP contribution in [-0.4, -0.2) is 27.2 Å². The van der Waals surface area contributed by atoms with Gasteiger partial charge in [0.1, 0.15) is 5.52 Å². The van der Waals surface area contributed by atoms with Gasteiger partial charge in [-0.2, -0.15) is 0 Å². The largest absolute Gasteiger partial charge is 0.440 e. The fraction of sp³-hybridized carbons (Fsp3) is 0.318. The number of hydrogen-bond donors (Lipinski definition) is 0. The van der Waals surface area contributed by atoms with Gasteiger partial charge in [0.25, 0.3) is 5.56 Å². The highest BCUT2D eigenvalue weighted by molar-refractivity contribution is 7.98. The highest BCUT2D eigenvalue weighted by atomic mass is 32.2. The SMILES string of the molecule is CC(C)OCCCn1c(SCc2nc3ccccc3o2)nc2ccccc2c1=O. The van der Waals surface area contributed by atoms with Crippen molar-refractivity contribution in [3.05, 3.63) is 64.8 Å². The first-order valence-electron chi connectivity index (χ1n) is 9.70. The molecule has 150 valence electrons. The summed E-state index contributed by atoms with van der Waals surface area (Å²) >= 11 is 1.46. The van der Waals surface area contributed by atoms with Crippen molar-refractivity contribution >= 4 is 33.8 Å². The van der Waals surface area contributed by atoms with Crippen molar-refractivity contribution in [2.75, 3.05) is 6.61 Å². The van der Waals surface area contributed by atoms with Crippen LogP contribution in [0.25, 0.3) is 22.0 Å². The summed E-state index contributed by atoms with van der Waals surface area (Å²) in [5.74, 6) is 1.12. The van der Waals surface area contributed by atoms with Crippen molar-refractivity contribution in [2.45, 2.75) is 43.8 Å². The standard InChI is InChI=1S/C22H23N3O3S/c1-15(2)27-13-7-12-25-21(26)16-8-3-4-9-17(16)24-22(25)29-14-20-23-18-10-5-6-11-19(18)28-20/h3-6,8-11,15H,7,12-14H2,1-2H3.